The molecule has 2 fully saturated rings. The summed E-state index contributed by atoms with van der Waals surface area (Å²) in [5.41, 5.74) is 0.738. The monoisotopic (exact) mass is 412 g/mol. The third kappa shape index (κ3) is 2.87. The molecule has 0 aromatic rings. The van der Waals surface area contributed by atoms with Crippen molar-refractivity contribution in [3.63, 3.8) is 0 Å². The molecule has 2 unspecified atom stereocenters. The predicted molar refractivity (Wildman–Crippen MR) is 44.2 cm³/mol. The van der Waals surface area contributed by atoms with Crippen molar-refractivity contribution in [2.75, 3.05) is 13.1 Å². The maximum atomic E-state index is 3.94. The molecule has 0 amide bonds. The molecule has 1 radical (unpaired) electrons. The van der Waals surface area contributed by atoms with Gasteiger partial charge in [0.2, 0.25) is 0 Å². The van der Waals surface area contributed by atoms with Crippen LogP contribution in [0.2, 0.25) is 0 Å². The van der Waals surface area contributed by atoms with Crippen LogP contribution in [0.25, 0.3) is 0 Å². The Labute approximate surface area is 116 Å². The average Bonchev–Trinajstić information content (AvgIpc) is 2.17. The summed E-state index contributed by atoms with van der Waals surface area (Å²) in [4.78, 5) is 2.21. The summed E-state index contributed by atoms with van der Waals surface area (Å²) in [5, 5.41) is 0. The molecule has 1 aliphatic heterocycles. The molecule has 1 heterocycles. The first-order chi connectivity index (χ1) is 4.23. The molecular formula is C9H17NWY. The van der Waals surface area contributed by atoms with Gasteiger partial charge in [0.25, 0.3) is 0 Å². The van der Waals surface area contributed by atoms with Gasteiger partial charge in [0.1, 0.15) is 0 Å². The van der Waals surface area contributed by atoms with Crippen molar-refractivity contribution in [1.82, 2.24) is 4.90 Å². The molecule has 1 aliphatic carbocycles. The van der Waals surface area contributed by atoms with Gasteiger partial charge >= 0.3 is 21.1 Å². The molecule has 2 aliphatic rings. The van der Waals surface area contributed by atoms with Gasteiger partial charge in [-0.3, -0.25) is 7.05 Å². The van der Waals surface area contributed by atoms with Crippen molar-refractivity contribution in [3.05, 3.63) is 14.5 Å². The molecule has 1 saturated carbocycles. The molecule has 1 nitrogen and oxygen atoms in total. The van der Waals surface area contributed by atoms with Gasteiger partial charge in [0.15, 0.2) is 0 Å². The Bertz CT molecular complexity index is 140. The normalized spacial score (nSPS) is 38.0. The zero-order valence-corrected chi connectivity index (χ0v) is 13.8. The third-order valence-electron chi connectivity index (χ3n) is 3.06. The van der Waals surface area contributed by atoms with Crippen LogP contribution in [0.1, 0.15) is 19.8 Å². The molecule has 3 heteroatoms. The fraction of sp³-hybridized carbons (Fsp3) is 0.778. The number of rotatable bonds is 0. The molecule has 0 bridgehead atoms. The number of hydrogen-bond donors (Lipinski definition) is 0. The minimum atomic E-state index is 0. The maximum absolute atomic E-state index is 3.94. The van der Waals surface area contributed by atoms with Crippen LogP contribution >= 0.6 is 0 Å². The molecule has 2 rings (SSSR count). The second-order valence-electron chi connectivity index (χ2n) is 3.77. The Morgan fingerprint density at radius 1 is 1.50 bits per heavy atom. The van der Waals surface area contributed by atoms with E-state index in [1.54, 1.807) is 0 Å². The minimum Gasteiger partial charge on any atom is -0.459 e. The Morgan fingerprint density at radius 3 is 2.17 bits per heavy atom. The number of nitrogens with zero attached hydrogens (tertiary/aromatic N) is 1. The fourth-order valence-corrected chi connectivity index (χ4v) is 2.10. The largest absolute Gasteiger partial charge is 2.00 e. The van der Waals surface area contributed by atoms with Crippen LogP contribution in [0.4, 0.5) is 0 Å². The SMILES string of the molecule is [CH2-]N1CCC2(CC2C)C1.[CH3-].[W+2].[Y]. The molecule has 0 aromatic heterocycles. The van der Waals surface area contributed by atoms with E-state index in [0.29, 0.717) is 0 Å². The van der Waals surface area contributed by atoms with Crippen LogP contribution in [0, 0.1) is 25.8 Å². The quantitative estimate of drug-likeness (QED) is 0.551. The van der Waals surface area contributed by atoms with Crippen LogP contribution in [0.15, 0.2) is 0 Å². The van der Waals surface area contributed by atoms with Gasteiger partial charge in [-0.1, -0.05) is 6.92 Å². The van der Waals surface area contributed by atoms with E-state index in [1.165, 1.54) is 25.9 Å². The van der Waals surface area contributed by atoms with Crippen LogP contribution < -0.4 is 0 Å². The Morgan fingerprint density at radius 2 is 2.00 bits per heavy atom. The molecule has 2 atom stereocenters. The minimum absolute atomic E-state index is 0. The van der Waals surface area contributed by atoms with Gasteiger partial charge in [-0.2, -0.15) is 0 Å². The van der Waals surface area contributed by atoms with Crippen LogP contribution in [0.3, 0.4) is 0 Å². The molecule has 67 valence electrons. The topological polar surface area (TPSA) is 3.24 Å². The van der Waals surface area contributed by atoms with E-state index in [4.69, 9.17) is 0 Å². The summed E-state index contributed by atoms with van der Waals surface area (Å²) >= 11 is 0. The van der Waals surface area contributed by atoms with Gasteiger partial charge in [-0.05, 0) is 37.3 Å². The van der Waals surface area contributed by atoms with E-state index in [1.807, 2.05) is 0 Å². The third-order valence-corrected chi connectivity index (χ3v) is 3.06. The van der Waals surface area contributed by atoms with E-state index in [-0.39, 0.29) is 61.2 Å². The van der Waals surface area contributed by atoms with E-state index in [0.717, 1.165) is 11.3 Å². The molecule has 0 aromatic carbocycles. The van der Waals surface area contributed by atoms with Gasteiger partial charge in [0, 0.05) is 32.7 Å². The van der Waals surface area contributed by atoms with E-state index < -0.39 is 0 Å². The fourth-order valence-electron chi connectivity index (χ4n) is 2.10. The Balaban J connectivity index is 0. The zero-order chi connectivity index (χ0) is 6.48. The predicted octanol–water partition coefficient (Wildman–Crippen LogP) is 1.96. The summed E-state index contributed by atoms with van der Waals surface area (Å²) < 4.78 is 0. The van der Waals surface area contributed by atoms with Crippen LogP contribution in [-0.4, -0.2) is 18.0 Å². The molecule has 12 heavy (non-hydrogen) atoms. The van der Waals surface area contributed by atoms with Crippen molar-refractivity contribution < 1.29 is 53.8 Å². The van der Waals surface area contributed by atoms with Crippen molar-refractivity contribution in [1.29, 1.82) is 0 Å². The molecular weight excluding hydrogens is 395 g/mol. The van der Waals surface area contributed by atoms with Crippen molar-refractivity contribution in [3.8, 4) is 0 Å². The van der Waals surface area contributed by atoms with Gasteiger partial charge < -0.3 is 12.3 Å². The summed E-state index contributed by atoms with van der Waals surface area (Å²) in [5.74, 6) is 0.990. The first-order valence-corrected chi connectivity index (χ1v) is 3.78. The standard InChI is InChI=1S/C8H14N.CH3.W.Y/c1-7-5-8(7)3-4-9(2)6-8;;;/h7H,2-6H2,1H3;1H3;;/q2*-1;+2;. The Kier molecular flexibility index (Phi) is 7.54. The smallest absolute Gasteiger partial charge is 0.459 e. The number of likely N-dealkylation sites (tertiary alicyclic amines) is 1. The van der Waals surface area contributed by atoms with Gasteiger partial charge in [-0.15, -0.1) is 0 Å². The second-order valence-corrected chi connectivity index (χ2v) is 3.77. The van der Waals surface area contributed by atoms with Crippen LogP contribution in [0.5, 0.6) is 0 Å². The molecule has 0 N–H and O–H groups in total. The van der Waals surface area contributed by atoms with Crippen molar-refractivity contribution >= 4 is 0 Å². The van der Waals surface area contributed by atoms with E-state index in [9.17, 15) is 0 Å². The first-order valence-electron chi connectivity index (χ1n) is 3.78. The second kappa shape index (κ2) is 5.59. The molecule has 1 spiro atoms. The van der Waals surface area contributed by atoms with E-state index >= 15 is 0 Å². The van der Waals surface area contributed by atoms with Crippen molar-refractivity contribution in [2.45, 2.75) is 19.8 Å². The maximum Gasteiger partial charge on any atom is 2.00 e. The summed E-state index contributed by atoms with van der Waals surface area (Å²) in [7, 11) is 3.94. The van der Waals surface area contributed by atoms with Gasteiger partial charge in [0.05, 0.1) is 0 Å². The van der Waals surface area contributed by atoms with Crippen LogP contribution in [-0.2, 0) is 53.8 Å². The summed E-state index contributed by atoms with van der Waals surface area (Å²) in [6.45, 7) is 4.84. The molecule has 1 saturated heterocycles. The van der Waals surface area contributed by atoms with Gasteiger partial charge in [-0.25, -0.2) is 0 Å². The van der Waals surface area contributed by atoms with Crippen molar-refractivity contribution in [2.24, 2.45) is 11.3 Å². The summed E-state index contributed by atoms with van der Waals surface area (Å²) in [6.07, 6.45) is 2.86. The van der Waals surface area contributed by atoms with E-state index in [2.05, 4.69) is 18.9 Å². The zero-order valence-electron chi connectivity index (χ0n) is 8.05. The average molecular weight is 412 g/mol. The summed E-state index contributed by atoms with van der Waals surface area (Å²) in [6, 6.07) is 0. The Hall–Kier alpha value is 1.75. The number of hydrogen-bond acceptors (Lipinski definition) is 1. The first kappa shape index (κ1) is 16.2.